The van der Waals surface area contributed by atoms with Gasteiger partial charge in [0.2, 0.25) is 5.79 Å². The average molecular weight is 342 g/mol. The van der Waals surface area contributed by atoms with E-state index in [1.807, 2.05) is 0 Å². The standard InChI is InChI=1S/C12H22O11/c13-1-5-7(17)8(18)9(19)11(22-5)23-12(3-14)10(20)6(16)4(15)2-21-12/h4-11,13-20H,1-3H2/t4-,5-,6-,7+,8+,9-,10+,11-,12?/m1/s1. The minimum Gasteiger partial charge on any atom is -0.394 e. The van der Waals surface area contributed by atoms with Gasteiger partial charge in [0.15, 0.2) is 6.29 Å². The first-order valence-corrected chi connectivity index (χ1v) is 7.04. The molecule has 0 aromatic heterocycles. The van der Waals surface area contributed by atoms with Crippen LogP contribution in [0.4, 0.5) is 0 Å². The van der Waals surface area contributed by atoms with E-state index in [1.165, 1.54) is 0 Å². The van der Waals surface area contributed by atoms with E-state index in [4.69, 9.17) is 19.3 Å². The molecular formula is C12H22O11. The van der Waals surface area contributed by atoms with Gasteiger partial charge in [0.25, 0.3) is 0 Å². The molecule has 2 aliphatic rings. The lowest BCUT2D eigenvalue weighted by Gasteiger charge is -2.48. The third-order valence-corrected chi connectivity index (χ3v) is 4.05. The molecule has 1 unspecified atom stereocenters. The van der Waals surface area contributed by atoms with Crippen molar-refractivity contribution in [1.82, 2.24) is 0 Å². The van der Waals surface area contributed by atoms with Gasteiger partial charge in [-0.15, -0.1) is 0 Å². The van der Waals surface area contributed by atoms with Crippen molar-refractivity contribution >= 4 is 0 Å². The third kappa shape index (κ3) is 3.36. The molecule has 23 heavy (non-hydrogen) atoms. The van der Waals surface area contributed by atoms with Gasteiger partial charge in [0, 0.05) is 0 Å². The molecule has 2 heterocycles. The van der Waals surface area contributed by atoms with E-state index in [-0.39, 0.29) is 0 Å². The van der Waals surface area contributed by atoms with E-state index in [1.54, 1.807) is 0 Å². The number of hydrogen-bond donors (Lipinski definition) is 8. The van der Waals surface area contributed by atoms with Crippen LogP contribution in [0.5, 0.6) is 0 Å². The highest BCUT2D eigenvalue weighted by atomic mass is 16.8. The van der Waals surface area contributed by atoms with Crippen LogP contribution in [0.1, 0.15) is 0 Å². The molecule has 0 aromatic rings. The molecule has 2 aliphatic heterocycles. The van der Waals surface area contributed by atoms with Crippen molar-refractivity contribution < 1.29 is 55.1 Å². The largest absolute Gasteiger partial charge is 0.394 e. The van der Waals surface area contributed by atoms with Gasteiger partial charge in [-0.1, -0.05) is 0 Å². The van der Waals surface area contributed by atoms with Crippen LogP contribution in [-0.2, 0) is 14.2 Å². The summed E-state index contributed by atoms with van der Waals surface area (Å²) in [6.07, 6.45) is -13.0. The quantitative estimate of drug-likeness (QED) is 0.243. The lowest BCUT2D eigenvalue weighted by atomic mass is 9.96. The normalized spacial score (nSPS) is 51.7. The molecule has 2 saturated heterocycles. The molecule has 9 atom stereocenters. The van der Waals surface area contributed by atoms with E-state index in [0.717, 1.165) is 0 Å². The van der Waals surface area contributed by atoms with Crippen LogP contribution in [0.25, 0.3) is 0 Å². The topological polar surface area (TPSA) is 190 Å². The van der Waals surface area contributed by atoms with Gasteiger partial charge in [-0.05, 0) is 0 Å². The summed E-state index contributed by atoms with van der Waals surface area (Å²) in [4.78, 5) is 0. The highest BCUT2D eigenvalue weighted by Crippen LogP contribution is 2.32. The zero-order valence-electron chi connectivity index (χ0n) is 12.0. The van der Waals surface area contributed by atoms with Crippen LogP contribution in [0.2, 0.25) is 0 Å². The molecule has 2 rings (SSSR count). The Bertz CT molecular complexity index is 393. The second-order valence-corrected chi connectivity index (χ2v) is 5.60. The van der Waals surface area contributed by atoms with Gasteiger partial charge < -0.3 is 55.1 Å². The van der Waals surface area contributed by atoms with E-state index in [2.05, 4.69) is 0 Å². The second-order valence-electron chi connectivity index (χ2n) is 5.60. The summed E-state index contributed by atoms with van der Waals surface area (Å²) in [5.41, 5.74) is 0. The summed E-state index contributed by atoms with van der Waals surface area (Å²) in [6, 6.07) is 0. The molecule has 2 fully saturated rings. The maximum atomic E-state index is 10.00. The van der Waals surface area contributed by atoms with Crippen LogP contribution >= 0.6 is 0 Å². The minimum absolute atomic E-state index is 0.476. The number of ether oxygens (including phenoxy) is 3. The molecule has 0 bridgehead atoms. The molecule has 0 spiro atoms. The first-order valence-electron chi connectivity index (χ1n) is 7.04. The number of rotatable bonds is 4. The van der Waals surface area contributed by atoms with Crippen molar-refractivity contribution in [1.29, 1.82) is 0 Å². The average Bonchev–Trinajstić information content (AvgIpc) is 2.56. The Morgan fingerprint density at radius 1 is 0.913 bits per heavy atom. The minimum atomic E-state index is -2.23. The van der Waals surface area contributed by atoms with Gasteiger partial charge in [-0.2, -0.15) is 0 Å². The van der Waals surface area contributed by atoms with Crippen LogP contribution in [-0.4, -0.2) is 115 Å². The van der Waals surface area contributed by atoms with Crippen molar-refractivity contribution in [3.8, 4) is 0 Å². The van der Waals surface area contributed by atoms with E-state index >= 15 is 0 Å². The molecule has 11 heteroatoms. The van der Waals surface area contributed by atoms with Crippen molar-refractivity contribution in [2.75, 3.05) is 19.8 Å². The fourth-order valence-electron chi connectivity index (χ4n) is 2.52. The lowest BCUT2D eigenvalue weighted by Crippen LogP contribution is -2.68. The summed E-state index contributed by atoms with van der Waals surface area (Å²) >= 11 is 0. The molecule has 0 aromatic carbocycles. The second kappa shape index (κ2) is 7.21. The van der Waals surface area contributed by atoms with Gasteiger partial charge in [0.1, 0.15) is 49.3 Å². The fourth-order valence-corrected chi connectivity index (χ4v) is 2.52. The van der Waals surface area contributed by atoms with Crippen LogP contribution in [0, 0.1) is 0 Å². The zero-order chi connectivity index (χ0) is 17.4. The summed E-state index contributed by atoms with van der Waals surface area (Å²) in [7, 11) is 0. The van der Waals surface area contributed by atoms with Crippen LogP contribution in [0.15, 0.2) is 0 Å². The Balaban J connectivity index is 2.17. The van der Waals surface area contributed by atoms with Crippen LogP contribution < -0.4 is 0 Å². The summed E-state index contributed by atoms with van der Waals surface area (Å²) in [5, 5.41) is 77.0. The molecule has 8 N–H and O–H groups in total. The Morgan fingerprint density at radius 3 is 2.13 bits per heavy atom. The molecular weight excluding hydrogens is 320 g/mol. The van der Waals surface area contributed by atoms with E-state index in [0.29, 0.717) is 0 Å². The van der Waals surface area contributed by atoms with Gasteiger partial charge >= 0.3 is 0 Å². The summed E-state index contributed by atoms with van der Waals surface area (Å²) in [5.74, 6) is -2.23. The maximum absolute atomic E-state index is 10.00. The molecule has 136 valence electrons. The Kier molecular flexibility index (Phi) is 5.92. The van der Waals surface area contributed by atoms with Gasteiger partial charge in [-0.3, -0.25) is 0 Å². The first kappa shape index (κ1) is 18.9. The van der Waals surface area contributed by atoms with Crippen LogP contribution in [0.3, 0.4) is 0 Å². The lowest BCUT2D eigenvalue weighted by molar-refractivity contribution is -0.415. The Hall–Kier alpha value is -0.440. The predicted molar refractivity (Wildman–Crippen MR) is 68.6 cm³/mol. The third-order valence-electron chi connectivity index (χ3n) is 4.05. The number of aliphatic hydroxyl groups excluding tert-OH is 8. The first-order chi connectivity index (χ1) is 10.8. The molecule has 11 nitrogen and oxygen atoms in total. The predicted octanol–water partition coefficient (Wildman–Crippen LogP) is -5.40. The van der Waals surface area contributed by atoms with Gasteiger partial charge in [-0.25, -0.2) is 0 Å². The molecule has 0 aliphatic carbocycles. The van der Waals surface area contributed by atoms with Gasteiger partial charge in [0.05, 0.1) is 13.2 Å². The highest BCUT2D eigenvalue weighted by molar-refractivity contribution is 4.95. The molecule has 0 amide bonds. The van der Waals surface area contributed by atoms with E-state index in [9.17, 15) is 35.7 Å². The maximum Gasteiger partial charge on any atom is 0.223 e. The van der Waals surface area contributed by atoms with Crippen molar-refractivity contribution in [3.05, 3.63) is 0 Å². The molecule has 0 saturated carbocycles. The monoisotopic (exact) mass is 342 g/mol. The SMILES string of the molecule is OC[C@H]1O[C@H](OC2(CO)OC[C@@H](O)[C@@H](O)[C@@H]2O)[C@H](O)[C@@H](O)[C@H]1O. The highest BCUT2D eigenvalue weighted by Gasteiger charge is 2.55. The zero-order valence-corrected chi connectivity index (χ0v) is 12.0. The number of aliphatic hydroxyl groups is 8. The van der Waals surface area contributed by atoms with Crippen molar-refractivity contribution in [3.63, 3.8) is 0 Å². The molecule has 0 radical (unpaired) electrons. The smallest absolute Gasteiger partial charge is 0.223 e. The Morgan fingerprint density at radius 2 is 1.57 bits per heavy atom. The fraction of sp³-hybridized carbons (Fsp3) is 1.00. The Labute approximate surface area is 130 Å². The van der Waals surface area contributed by atoms with Crippen molar-refractivity contribution in [2.45, 2.75) is 54.8 Å². The summed E-state index contributed by atoms with van der Waals surface area (Å²) in [6.45, 7) is -2.13. The summed E-state index contributed by atoms with van der Waals surface area (Å²) < 4.78 is 15.4. The number of hydrogen-bond acceptors (Lipinski definition) is 11. The van der Waals surface area contributed by atoms with Crippen molar-refractivity contribution in [2.24, 2.45) is 0 Å². The van der Waals surface area contributed by atoms with E-state index < -0.39 is 74.6 Å².